The van der Waals surface area contributed by atoms with Crippen LogP contribution >= 0.6 is 0 Å². The van der Waals surface area contributed by atoms with Gasteiger partial charge >= 0.3 is 0 Å². The molecule has 3 rings (SSSR count). The van der Waals surface area contributed by atoms with Crippen molar-refractivity contribution in [2.24, 2.45) is 0 Å². The molecule has 6 nitrogen and oxygen atoms in total. The first kappa shape index (κ1) is 14.6. The number of aromatic nitrogens is 3. The fourth-order valence-electron chi connectivity index (χ4n) is 2.40. The summed E-state index contributed by atoms with van der Waals surface area (Å²) < 4.78 is 3.28. The van der Waals surface area contributed by atoms with Crippen molar-refractivity contribution < 1.29 is 4.79 Å². The summed E-state index contributed by atoms with van der Waals surface area (Å²) >= 11 is 0. The zero-order chi connectivity index (χ0) is 15.5. The van der Waals surface area contributed by atoms with Crippen molar-refractivity contribution in [3.05, 3.63) is 52.7 Å². The monoisotopic (exact) mass is 300 g/mol. The van der Waals surface area contributed by atoms with E-state index in [1.807, 2.05) is 29.1 Å². The molecule has 0 bridgehead atoms. The number of nitrogens with zero attached hydrogens (tertiary/aromatic N) is 3. The average molecular weight is 300 g/mol. The Morgan fingerprint density at radius 3 is 2.77 bits per heavy atom. The van der Waals surface area contributed by atoms with Crippen molar-refractivity contribution in [3.63, 3.8) is 0 Å². The Morgan fingerprint density at radius 2 is 2.09 bits per heavy atom. The van der Waals surface area contributed by atoms with Crippen molar-refractivity contribution in [3.8, 4) is 0 Å². The van der Waals surface area contributed by atoms with Crippen LogP contribution in [-0.2, 0) is 11.3 Å². The predicted octanol–water partition coefficient (Wildman–Crippen LogP) is 1.30. The van der Waals surface area contributed by atoms with Crippen LogP contribution in [0.25, 0.3) is 0 Å². The highest BCUT2D eigenvalue weighted by atomic mass is 16.2. The van der Waals surface area contributed by atoms with E-state index in [-0.39, 0.29) is 11.5 Å². The van der Waals surface area contributed by atoms with Gasteiger partial charge in [-0.2, -0.15) is 5.10 Å². The summed E-state index contributed by atoms with van der Waals surface area (Å²) in [4.78, 5) is 24.1. The van der Waals surface area contributed by atoms with Crippen LogP contribution in [0.5, 0.6) is 0 Å². The molecule has 0 radical (unpaired) electrons. The van der Waals surface area contributed by atoms with E-state index in [1.165, 1.54) is 10.7 Å². The Balaban J connectivity index is 1.62. The molecule has 1 aliphatic carbocycles. The van der Waals surface area contributed by atoms with Crippen LogP contribution in [0.2, 0.25) is 0 Å². The van der Waals surface area contributed by atoms with Crippen LogP contribution in [0.1, 0.15) is 37.4 Å². The summed E-state index contributed by atoms with van der Waals surface area (Å²) in [5, 5.41) is 7.20. The zero-order valence-corrected chi connectivity index (χ0v) is 12.6. The van der Waals surface area contributed by atoms with Gasteiger partial charge in [0.1, 0.15) is 6.04 Å². The molecular weight excluding hydrogens is 280 g/mol. The minimum Gasteiger partial charge on any atom is -0.353 e. The van der Waals surface area contributed by atoms with Crippen molar-refractivity contribution in [2.45, 2.75) is 38.3 Å². The summed E-state index contributed by atoms with van der Waals surface area (Å²) in [6.45, 7) is 2.93. The molecule has 0 aliphatic heterocycles. The fourth-order valence-corrected chi connectivity index (χ4v) is 2.40. The third-order valence-corrected chi connectivity index (χ3v) is 3.92. The SMILES string of the molecule is C[C@@H](C(=O)NCCn1cccc1)n1nc(C2CC2)ccc1=O. The van der Waals surface area contributed by atoms with Crippen LogP contribution in [0.15, 0.2) is 41.5 Å². The van der Waals surface area contributed by atoms with Gasteiger partial charge in [0.25, 0.3) is 5.56 Å². The summed E-state index contributed by atoms with van der Waals surface area (Å²) in [6, 6.07) is 6.56. The first-order valence-corrected chi connectivity index (χ1v) is 7.63. The Bertz CT molecular complexity index is 701. The summed E-state index contributed by atoms with van der Waals surface area (Å²) in [5.74, 6) is 0.269. The second kappa shape index (κ2) is 6.17. The maximum atomic E-state index is 12.2. The topological polar surface area (TPSA) is 68.9 Å². The van der Waals surface area contributed by atoms with Gasteiger partial charge in [-0.25, -0.2) is 4.68 Å². The molecule has 1 saturated carbocycles. The lowest BCUT2D eigenvalue weighted by Gasteiger charge is -2.15. The number of rotatable bonds is 6. The molecular formula is C16H20N4O2. The van der Waals surface area contributed by atoms with Crippen LogP contribution in [0, 0.1) is 0 Å². The van der Waals surface area contributed by atoms with E-state index in [0.29, 0.717) is 19.0 Å². The van der Waals surface area contributed by atoms with Gasteiger partial charge in [0.15, 0.2) is 0 Å². The third kappa shape index (κ3) is 3.27. The first-order valence-electron chi connectivity index (χ1n) is 7.63. The molecule has 0 spiro atoms. The van der Waals surface area contributed by atoms with Crippen LogP contribution in [-0.4, -0.2) is 26.8 Å². The van der Waals surface area contributed by atoms with Gasteiger partial charge in [0.2, 0.25) is 5.91 Å². The lowest BCUT2D eigenvalue weighted by Crippen LogP contribution is -2.38. The molecule has 0 saturated heterocycles. The molecule has 0 unspecified atom stereocenters. The second-order valence-electron chi connectivity index (χ2n) is 5.70. The quantitative estimate of drug-likeness (QED) is 0.874. The number of nitrogens with one attached hydrogen (secondary N) is 1. The van der Waals surface area contributed by atoms with Gasteiger partial charge in [-0.05, 0) is 38.0 Å². The Kier molecular flexibility index (Phi) is 4.09. The number of amides is 1. The van der Waals surface area contributed by atoms with E-state index in [4.69, 9.17) is 0 Å². The van der Waals surface area contributed by atoms with E-state index in [9.17, 15) is 9.59 Å². The van der Waals surface area contributed by atoms with E-state index < -0.39 is 6.04 Å². The molecule has 116 valence electrons. The molecule has 2 aromatic heterocycles. The summed E-state index contributed by atoms with van der Waals surface area (Å²) in [6.07, 6.45) is 6.12. The predicted molar refractivity (Wildman–Crippen MR) is 82.6 cm³/mol. The van der Waals surface area contributed by atoms with Gasteiger partial charge in [-0.3, -0.25) is 9.59 Å². The largest absolute Gasteiger partial charge is 0.353 e. The zero-order valence-electron chi connectivity index (χ0n) is 12.6. The number of carbonyl (C=O) groups excluding carboxylic acids is 1. The minimum atomic E-state index is -0.601. The van der Waals surface area contributed by atoms with Gasteiger partial charge < -0.3 is 9.88 Å². The molecule has 0 aromatic carbocycles. The number of carbonyl (C=O) groups is 1. The molecule has 1 amide bonds. The third-order valence-electron chi connectivity index (χ3n) is 3.92. The molecule has 2 heterocycles. The number of hydrogen-bond acceptors (Lipinski definition) is 3. The molecule has 1 fully saturated rings. The van der Waals surface area contributed by atoms with Gasteiger partial charge in [0.05, 0.1) is 5.69 Å². The molecule has 1 atom stereocenters. The highest BCUT2D eigenvalue weighted by molar-refractivity contribution is 5.79. The van der Waals surface area contributed by atoms with Gasteiger partial charge in [-0.1, -0.05) is 0 Å². The van der Waals surface area contributed by atoms with E-state index in [2.05, 4.69) is 10.4 Å². The minimum absolute atomic E-state index is 0.185. The van der Waals surface area contributed by atoms with E-state index in [0.717, 1.165) is 18.5 Å². The smallest absolute Gasteiger partial charge is 0.267 e. The van der Waals surface area contributed by atoms with Crippen LogP contribution in [0.3, 0.4) is 0 Å². The molecule has 6 heteroatoms. The Hall–Kier alpha value is -2.37. The van der Waals surface area contributed by atoms with Gasteiger partial charge in [-0.15, -0.1) is 0 Å². The van der Waals surface area contributed by atoms with E-state index in [1.54, 1.807) is 13.0 Å². The first-order chi connectivity index (χ1) is 10.6. The molecule has 22 heavy (non-hydrogen) atoms. The lowest BCUT2D eigenvalue weighted by atomic mass is 10.2. The normalized spacial score (nSPS) is 15.5. The Labute approximate surface area is 128 Å². The maximum absolute atomic E-state index is 12.2. The van der Waals surface area contributed by atoms with Gasteiger partial charge in [0, 0.05) is 37.5 Å². The van der Waals surface area contributed by atoms with Crippen molar-refractivity contribution in [2.75, 3.05) is 6.54 Å². The van der Waals surface area contributed by atoms with Crippen molar-refractivity contribution in [1.82, 2.24) is 19.7 Å². The molecule has 1 N–H and O–H groups in total. The summed E-state index contributed by atoms with van der Waals surface area (Å²) in [5.41, 5.74) is 0.670. The fraction of sp³-hybridized carbons (Fsp3) is 0.438. The van der Waals surface area contributed by atoms with Crippen molar-refractivity contribution >= 4 is 5.91 Å². The van der Waals surface area contributed by atoms with E-state index >= 15 is 0 Å². The second-order valence-corrected chi connectivity index (χ2v) is 5.70. The van der Waals surface area contributed by atoms with Crippen molar-refractivity contribution in [1.29, 1.82) is 0 Å². The summed E-state index contributed by atoms with van der Waals surface area (Å²) in [7, 11) is 0. The highest BCUT2D eigenvalue weighted by Crippen LogP contribution is 2.38. The molecule has 2 aromatic rings. The highest BCUT2D eigenvalue weighted by Gasteiger charge is 2.26. The maximum Gasteiger partial charge on any atom is 0.267 e. The van der Waals surface area contributed by atoms with Crippen LogP contribution < -0.4 is 10.9 Å². The average Bonchev–Trinajstić information content (AvgIpc) is 3.24. The lowest BCUT2D eigenvalue weighted by molar-refractivity contribution is -0.124. The molecule has 1 aliphatic rings. The standard InChI is InChI=1S/C16H20N4O2/c1-12(16(22)17-8-11-19-9-2-3-10-19)20-15(21)7-6-14(18-20)13-4-5-13/h2-3,6-7,9-10,12-13H,4-5,8,11H2,1H3,(H,17,22)/t12-/m0/s1. The Morgan fingerprint density at radius 1 is 1.36 bits per heavy atom. The van der Waals surface area contributed by atoms with Crippen LogP contribution in [0.4, 0.5) is 0 Å². The number of hydrogen-bond donors (Lipinski definition) is 1.